The van der Waals surface area contributed by atoms with Gasteiger partial charge in [0.1, 0.15) is 11.5 Å². The average Bonchev–Trinajstić information content (AvgIpc) is 3.19. The maximum atomic E-state index is 14.3. The van der Waals surface area contributed by atoms with Crippen LogP contribution in [0.15, 0.2) is 54.6 Å². The quantitative estimate of drug-likeness (QED) is 0.647. The van der Waals surface area contributed by atoms with Crippen LogP contribution in [0, 0.1) is 5.82 Å². The SMILES string of the molecule is CCN1CCN(C(=O)c2cc(-c3ccccc3F)nn2-c2ccc(Cl)cc2)CC1. The molecule has 29 heavy (non-hydrogen) atoms. The summed E-state index contributed by atoms with van der Waals surface area (Å²) in [6.45, 7) is 6.10. The number of carbonyl (C=O) groups excluding carboxylic acids is 1. The topological polar surface area (TPSA) is 41.4 Å². The van der Waals surface area contributed by atoms with Crippen LogP contribution in [0.3, 0.4) is 0 Å². The van der Waals surface area contributed by atoms with Crippen LogP contribution in [0.4, 0.5) is 4.39 Å². The van der Waals surface area contributed by atoms with Crippen molar-refractivity contribution < 1.29 is 9.18 Å². The Balaban J connectivity index is 1.74. The summed E-state index contributed by atoms with van der Waals surface area (Å²) < 4.78 is 15.9. The van der Waals surface area contributed by atoms with Gasteiger partial charge < -0.3 is 9.80 Å². The predicted molar refractivity (Wildman–Crippen MR) is 112 cm³/mol. The Bertz CT molecular complexity index is 1010. The lowest BCUT2D eigenvalue weighted by atomic mass is 10.1. The monoisotopic (exact) mass is 412 g/mol. The zero-order valence-corrected chi connectivity index (χ0v) is 16.9. The van der Waals surface area contributed by atoms with Crippen LogP contribution >= 0.6 is 11.6 Å². The highest BCUT2D eigenvalue weighted by Gasteiger charge is 2.26. The lowest BCUT2D eigenvalue weighted by molar-refractivity contribution is 0.0634. The lowest BCUT2D eigenvalue weighted by Crippen LogP contribution is -2.48. The second-order valence-electron chi connectivity index (χ2n) is 7.01. The molecule has 150 valence electrons. The van der Waals surface area contributed by atoms with Crippen molar-refractivity contribution in [3.8, 4) is 16.9 Å². The molecule has 1 aromatic heterocycles. The number of hydrogen-bond acceptors (Lipinski definition) is 3. The first-order valence-corrected chi connectivity index (χ1v) is 10.1. The summed E-state index contributed by atoms with van der Waals surface area (Å²) in [5.41, 5.74) is 1.90. The van der Waals surface area contributed by atoms with Crippen molar-refractivity contribution in [1.29, 1.82) is 0 Å². The molecule has 2 heterocycles. The second kappa shape index (κ2) is 8.35. The Morgan fingerprint density at radius 1 is 1.07 bits per heavy atom. The minimum absolute atomic E-state index is 0.106. The van der Waals surface area contributed by atoms with Gasteiger partial charge in [0.25, 0.3) is 5.91 Å². The predicted octanol–water partition coefficient (Wildman–Crippen LogP) is 4.11. The number of halogens is 2. The molecule has 0 unspecified atom stereocenters. The van der Waals surface area contributed by atoms with Crippen molar-refractivity contribution in [3.63, 3.8) is 0 Å². The first-order chi connectivity index (χ1) is 14.1. The van der Waals surface area contributed by atoms with Crippen molar-refractivity contribution >= 4 is 17.5 Å². The maximum Gasteiger partial charge on any atom is 0.272 e. The van der Waals surface area contributed by atoms with E-state index in [1.54, 1.807) is 53.2 Å². The number of piperazine rings is 1. The van der Waals surface area contributed by atoms with Gasteiger partial charge in [-0.3, -0.25) is 4.79 Å². The highest BCUT2D eigenvalue weighted by Crippen LogP contribution is 2.26. The minimum atomic E-state index is -0.371. The van der Waals surface area contributed by atoms with Crippen LogP contribution in [0.25, 0.3) is 16.9 Å². The van der Waals surface area contributed by atoms with Crippen molar-refractivity contribution in [2.75, 3.05) is 32.7 Å². The van der Waals surface area contributed by atoms with Gasteiger partial charge in [-0.25, -0.2) is 9.07 Å². The molecule has 0 bridgehead atoms. The van der Waals surface area contributed by atoms with Crippen LogP contribution in [-0.2, 0) is 0 Å². The lowest BCUT2D eigenvalue weighted by Gasteiger charge is -2.34. The summed E-state index contributed by atoms with van der Waals surface area (Å²) >= 11 is 6.01. The fourth-order valence-corrected chi connectivity index (χ4v) is 3.67. The minimum Gasteiger partial charge on any atom is -0.335 e. The molecule has 1 aliphatic rings. The van der Waals surface area contributed by atoms with Gasteiger partial charge >= 0.3 is 0 Å². The molecule has 0 N–H and O–H groups in total. The summed E-state index contributed by atoms with van der Waals surface area (Å²) in [4.78, 5) is 17.5. The number of benzene rings is 2. The van der Waals surface area contributed by atoms with E-state index in [0.717, 1.165) is 19.6 Å². The summed E-state index contributed by atoms with van der Waals surface area (Å²) in [6.07, 6.45) is 0. The van der Waals surface area contributed by atoms with Gasteiger partial charge in [0.05, 0.1) is 11.4 Å². The highest BCUT2D eigenvalue weighted by atomic mass is 35.5. The molecule has 0 radical (unpaired) electrons. The fourth-order valence-electron chi connectivity index (χ4n) is 3.54. The van der Waals surface area contributed by atoms with E-state index in [1.165, 1.54) is 6.07 Å². The van der Waals surface area contributed by atoms with E-state index in [2.05, 4.69) is 16.9 Å². The summed E-state index contributed by atoms with van der Waals surface area (Å²) in [6, 6.07) is 15.2. The zero-order valence-electron chi connectivity index (χ0n) is 16.2. The van der Waals surface area contributed by atoms with Gasteiger partial charge in [-0.1, -0.05) is 30.7 Å². The molecule has 0 aliphatic carbocycles. The number of nitrogens with zero attached hydrogens (tertiary/aromatic N) is 4. The number of likely N-dealkylation sites (N-methyl/N-ethyl adjacent to an activating group) is 1. The van der Waals surface area contributed by atoms with E-state index in [9.17, 15) is 9.18 Å². The molecule has 0 saturated carbocycles. The number of amides is 1. The Morgan fingerprint density at radius 3 is 2.41 bits per heavy atom. The van der Waals surface area contributed by atoms with Gasteiger partial charge in [0.15, 0.2) is 0 Å². The largest absolute Gasteiger partial charge is 0.335 e. The molecule has 2 aromatic carbocycles. The van der Waals surface area contributed by atoms with E-state index in [4.69, 9.17) is 11.6 Å². The Labute approximate surface area is 174 Å². The van der Waals surface area contributed by atoms with E-state index >= 15 is 0 Å². The Hall–Kier alpha value is -2.70. The molecule has 7 heteroatoms. The Kier molecular flexibility index (Phi) is 5.65. The summed E-state index contributed by atoms with van der Waals surface area (Å²) in [7, 11) is 0. The zero-order chi connectivity index (χ0) is 20.4. The molecule has 3 aromatic rings. The van der Waals surface area contributed by atoms with Gasteiger partial charge in [0.2, 0.25) is 0 Å². The van der Waals surface area contributed by atoms with Crippen molar-refractivity contribution in [3.05, 3.63) is 71.1 Å². The third-order valence-corrected chi connectivity index (χ3v) is 5.51. The van der Waals surface area contributed by atoms with Crippen molar-refractivity contribution in [2.24, 2.45) is 0 Å². The van der Waals surface area contributed by atoms with E-state index in [1.807, 2.05) is 4.90 Å². The molecule has 5 nitrogen and oxygen atoms in total. The van der Waals surface area contributed by atoms with Crippen LogP contribution < -0.4 is 0 Å². The van der Waals surface area contributed by atoms with Crippen LogP contribution in [0.1, 0.15) is 17.4 Å². The van der Waals surface area contributed by atoms with Gasteiger partial charge in [0, 0.05) is 36.8 Å². The molecule has 1 saturated heterocycles. The van der Waals surface area contributed by atoms with Crippen LogP contribution in [-0.4, -0.2) is 58.2 Å². The molecule has 1 amide bonds. The average molecular weight is 413 g/mol. The normalized spacial score (nSPS) is 14.9. The first kappa shape index (κ1) is 19.6. The molecular weight excluding hydrogens is 391 g/mol. The van der Waals surface area contributed by atoms with Crippen molar-refractivity contribution in [1.82, 2.24) is 19.6 Å². The van der Waals surface area contributed by atoms with Crippen LogP contribution in [0.5, 0.6) is 0 Å². The molecular formula is C22H22ClFN4O. The van der Waals surface area contributed by atoms with E-state index in [0.29, 0.717) is 40.8 Å². The summed E-state index contributed by atoms with van der Waals surface area (Å²) in [5, 5.41) is 5.16. The molecule has 0 atom stereocenters. The molecule has 1 fully saturated rings. The fraction of sp³-hybridized carbons (Fsp3) is 0.273. The van der Waals surface area contributed by atoms with Gasteiger partial charge in [-0.05, 0) is 49.0 Å². The number of rotatable bonds is 4. The standard InChI is InChI=1S/C22H22ClFN4O/c1-2-26-11-13-27(14-12-26)22(29)21-15-20(18-5-3-4-6-19(18)24)25-28(21)17-9-7-16(23)8-10-17/h3-10,15H,2,11-14H2,1H3. The second-order valence-corrected chi connectivity index (χ2v) is 7.45. The first-order valence-electron chi connectivity index (χ1n) is 9.69. The van der Waals surface area contributed by atoms with E-state index in [-0.39, 0.29) is 11.7 Å². The maximum absolute atomic E-state index is 14.3. The molecule has 4 rings (SSSR count). The van der Waals surface area contributed by atoms with Crippen LogP contribution in [0.2, 0.25) is 5.02 Å². The number of hydrogen-bond donors (Lipinski definition) is 0. The van der Waals surface area contributed by atoms with Crippen molar-refractivity contribution in [2.45, 2.75) is 6.92 Å². The van der Waals surface area contributed by atoms with Gasteiger partial charge in [-0.15, -0.1) is 0 Å². The number of carbonyl (C=O) groups is 1. The third-order valence-electron chi connectivity index (χ3n) is 5.26. The molecule has 1 aliphatic heterocycles. The third kappa shape index (κ3) is 4.04. The number of aromatic nitrogens is 2. The highest BCUT2D eigenvalue weighted by molar-refractivity contribution is 6.30. The Morgan fingerprint density at radius 2 is 1.76 bits per heavy atom. The summed E-state index contributed by atoms with van der Waals surface area (Å²) in [5.74, 6) is -0.477. The smallest absolute Gasteiger partial charge is 0.272 e. The molecule has 0 spiro atoms. The van der Waals surface area contributed by atoms with E-state index < -0.39 is 0 Å². The van der Waals surface area contributed by atoms with Gasteiger partial charge in [-0.2, -0.15) is 5.10 Å².